The van der Waals surface area contributed by atoms with Gasteiger partial charge < -0.3 is 15.4 Å². The molecule has 154 valence electrons. The van der Waals surface area contributed by atoms with Crippen molar-refractivity contribution in [3.63, 3.8) is 0 Å². The predicted octanol–water partition coefficient (Wildman–Crippen LogP) is 2.76. The fourth-order valence-electron chi connectivity index (χ4n) is 2.99. The first-order valence-electron chi connectivity index (χ1n) is 8.52. The highest BCUT2D eigenvalue weighted by molar-refractivity contribution is 5.82. The van der Waals surface area contributed by atoms with Crippen LogP contribution in [-0.4, -0.2) is 48.5 Å². The molecule has 11 heteroatoms. The molecule has 4 atom stereocenters. The van der Waals surface area contributed by atoms with Gasteiger partial charge in [0, 0.05) is 12.1 Å². The third-order valence-corrected chi connectivity index (χ3v) is 4.46. The number of nitrogens with one attached hydrogen (secondary N) is 2. The molecule has 0 bridgehead atoms. The number of rotatable bonds is 2. The van der Waals surface area contributed by atoms with E-state index < -0.39 is 24.2 Å². The lowest BCUT2D eigenvalue weighted by Crippen LogP contribution is -2.44. The molecule has 0 aromatic rings. The summed E-state index contributed by atoms with van der Waals surface area (Å²) in [5.74, 6) is -3.69. The lowest BCUT2D eigenvalue weighted by molar-refractivity contribution is -0.174. The minimum atomic E-state index is -4.78. The van der Waals surface area contributed by atoms with E-state index in [1.54, 1.807) is 6.08 Å². The summed E-state index contributed by atoms with van der Waals surface area (Å²) in [6.45, 7) is 0. The molecule has 1 saturated carbocycles. The maximum absolute atomic E-state index is 11.9. The van der Waals surface area contributed by atoms with E-state index in [2.05, 4.69) is 0 Å². The molecule has 1 aliphatic heterocycles. The van der Waals surface area contributed by atoms with Crippen molar-refractivity contribution >= 4 is 11.8 Å². The average molecular weight is 402 g/mol. The van der Waals surface area contributed by atoms with Crippen molar-refractivity contribution in [1.82, 2.24) is 10.6 Å². The van der Waals surface area contributed by atoms with Gasteiger partial charge in [0.1, 0.15) is 0 Å². The number of carbonyl (C=O) groups is 2. The van der Waals surface area contributed by atoms with Gasteiger partial charge in [0.05, 0.1) is 12.2 Å². The minimum absolute atomic E-state index is 0.0716. The Hall–Kier alpha value is -1.78. The quantitative estimate of drug-likeness (QED) is 0.424. The minimum Gasteiger partial charge on any atom is -0.370 e. The van der Waals surface area contributed by atoms with E-state index in [-0.39, 0.29) is 24.3 Å². The van der Waals surface area contributed by atoms with Gasteiger partial charge in [-0.1, -0.05) is 12.2 Å². The zero-order valence-corrected chi connectivity index (χ0v) is 14.2. The summed E-state index contributed by atoms with van der Waals surface area (Å²) in [6, 6.07) is -0.744. The van der Waals surface area contributed by atoms with Crippen molar-refractivity contribution in [3.8, 4) is 0 Å². The summed E-state index contributed by atoms with van der Waals surface area (Å²) in [5.41, 5.74) is 0. The number of halogens is 6. The Morgan fingerprint density at radius 3 is 1.89 bits per heavy atom. The zero-order valence-electron chi connectivity index (χ0n) is 14.2. The fraction of sp³-hybridized carbons (Fsp3) is 0.750. The van der Waals surface area contributed by atoms with Crippen LogP contribution in [0.5, 0.6) is 0 Å². The molecular weight excluding hydrogens is 382 g/mol. The van der Waals surface area contributed by atoms with Crippen molar-refractivity contribution in [2.45, 2.75) is 75.2 Å². The molecule has 1 heterocycles. The van der Waals surface area contributed by atoms with Crippen molar-refractivity contribution in [3.05, 3.63) is 12.2 Å². The number of hydrogen-bond acceptors (Lipinski definition) is 3. The number of allylic oxidation sites excluding steroid dienone is 1. The van der Waals surface area contributed by atoms with Gasteiger partial charge in [0.2, 0.25) is 0 Å². The molecule has 0 aromatic heterocycles. The number of fused-ring (bicyclic) bond motifs is 1. The molecule has 2 amide bonds. The van der Waals surface area contributed by atoms with Crippen molar-refractivity contribution in [2.75, 3.05) is 0 Å². The summed E-state index contributed by atoms with van der Waals surface area (Å²) in [4.78, 5) is 21.0. The van der Waals surface area contributed by atoms with Crippen LogP contribution < -0.4 is 10.6 Å². The summed E-state index contributed by atoms with van der Waals surface area (Å²) in [7, 11) is 0. The Morgan fingerprint density at radius 2 is 1.41 bits per heavy atom. The van der Waals surface area contributed by atoms with Crippen LogP contribution in [0.3, 0.4) is 0 Å². The molecule has 5 nitrogen and oxygen atoms in total. The number of amides is 2. The fourth-order valence-corrected chi connectivity index (χ4v) is 2.99. The highest BCUT2D eigenvalue weighted by Crippen LogP contribution is 2.36. The van der Waals surface area contributed by atoms with Crippen molar-refractivity contribution < 1.29 is 40.7 Å². The van der Waals surface area contributed by atoms with Crippen LogP contribution in [-0.2, 0) is 14.3 Å². The van der Waals surface area contributed by atoms with Gasteiger partial charge in [-0.2, -0.15) is 26.3 Å². The largest absolute Gasteiger partial charge is 0.471 e. The Bertz CT molecular complexity index is 575. The Morgan fingerprint density at radius 1 is 0.815 bits per heavy atom. The van der Waals surface area contributed by atoms with E-state index in [0.29, 0.717) is 25.7 Å². The molecule has 0 aromatic carbocycles. The Balaban J connectivity index is 0.000000194. The lowest BCUT2D eigenvalue weighted by atomic mass is 9.95. The Kier molecular flexibility index (Phi) is 6.77. The molecule has 0 radical (unpaired) electrons. The molecule has 2 fully saturated rings. The summed E-state index contributed by atoms with van der Waals surface area (Å²) in [6.07, 6.45) is -1.94. The highest BCUT2D eigenvalue weighted by Gasteiger charge is 2.46. The van der Waals surface area contributed by atoms with Crippen LogP contribution in [0.15, 0.2) is 12.2 Å². The van der Waals surface area contributed by atoms with Gasteiger partial charge in [-0.3, -0.25) is 9.59 Å². The van der Waals surface area contributed by atoms with E-state index in [0.717, 1.165) is 12.8 Å². The molecule has 3 rings (SSSR count). The predicted molar refractivity (Wildman–Crippen MR) is 81.5 cm³/mol. The third-order valence-electron chi connectivity index (χ3n) is 4.46. The molecule has 3 aliphatic rings. The highest BCUT2D eigenvalue weighted by atomic mass is 19.4. The van der Waals surface area contributed by atoms with E-state index >= 15 is 0 Å². The van der Waals surface area contributed by atoms with Crippen LogP contribution >= 0.6 is 0 Å². The maximum Gasteiger partial charge on any atom is 0.471 e. The molecule has 0 unspecified atom stereocenters. The van der Waals surface area contributed by atoms with Crippen molar-refractivity contribution in [1.29, 1.82) is 0 Å². The van der Waals surface area contributed by atoms with Crippen LogP contribution in [0.2, 0.25) is 0 Å². The molecule has 2 aliphatic carbocycles. The number of epoxide rings is 1. The number of carbonyl (C=O) groups excluding carboxylic acids is 2. The standard InChI is InChI=1S/C8H10F3NO2.C8H10F3NO/c9-8(10,11)7(13)12-4-1-2-5-6(3-4)14-5;9-8(10,11)7(13)12-6-4-2-1-3-5-6/h4-6H,1-3H2,(H,12,13);1-2,6H,3-5H2,(H,12,13)/t4-,5+,6-;6-/m10/s1. The molecule has 27 heavy (non-hydrogen) atoms. The van der Waals surface area contributed by atoms with Crippen LogP contribution in [0.1, 0.15) is 38.5 Å². The first-order valence-corrected chi connectivity index (χ1v) is 8.52. The van der Waals surface area contributed by atoms with Gasteiger partial charge in [-0.05, 0) is 38.5 Å². The number of alkyl halides is 6. The molecular formula is C16H20F6N2O3. The van der Waals surface area contributed by atoms with Crippen molar-refractivity contribution in [2.24, 2.45) is 0 Å². The van der Waals surface area contributed by atoms with Gasteiger partial charge in [-0.15, -0.1) is 0 Å². The molecule has 1 saturated heterocycles. The molecule has 2 N–H and O–H groups in total. The lowest BCUT2D eigenvalue weighted by Gasteiger charge is -2.20. The third kappa shape index (κ3) is 7.04. The topological polar surface area (TPSA) is 70.7 Å². The second-order valence-corrected chi connectivity index (χ2v) is 6.65. The van der Waals surface area contributed by atoms with Gasteiger partial charge in [0.25, 0.3) is 0 Å². The number of hydrogen-bond donors (Lipinski definition) is 2. The molecule has 0 spiro atoms. The van der Waals surface area contributed by atoms with Crippen LogP contribution in [0.4, 0.5) is 26.3 Å². The monoisotopic (exact) mass is 402 g/mol. The van der Waals surface area contributed by atoms with E-state index in [1.165, 1.54) is 0 Å². The van der Waals surface area contributed by atoms with Crippen LogP contribution in [0.25, 0.3) is 0 Å². The summed E-state index contributed by atoms with van der Waals surface area (Å²) < 4.78 is 76.1. The van der Waals surface area contributed by atoms with E-state index in [4.69, 9.17) is 4.74 Å². The average Bonchev–Trinajstić information content (AvgIpc) is 3.33. The van der Waals surface area contributed by atoms with Gasteiger partial charge in [-0.25, -0.2) is 0 Å². The SMILES string of the molecule is O=C(N[C@@H]1CC[C@@H]2O[C@@H]2C1)C(F)(F)F.O=C(N[C@H]1CC=CCC1)C(F)(F)F. The normalized spacial score (nSPS) is 29.7. The first-order chi connectivity index (χ1) is 12.5. The first kappa shape index (κ1) is 21.5. The second-order valence-electron chi connectivity index (χ2n) is 6.65. The smallest absolute Gasteiger partial charge is 0.370 e. The van der Waals surface area contributed by atoms with Gasteiger partial charge in [0.15, 0.2) is 0 Å². The van der Waals surface area contributed by atoms with Crippen LogP contribution in [0, 0.1) is 0 Å². The zero-order chi connectivity index (χ0) is 20.2. The van der Waals surface area contributed by atoms with E-state index in [9.17, 15) is 35.9 Å². The number of ether oxygens (including phenoxy) is 1. The van der Waals surface area contributed by atoms with Gasteiger partial charge >= 0.3 is 24.2 Å². The summed E-state index contributed by atoms with van der Waals surface area (Å²) in [5, 5.41) is 3.92. The Labute approximate surface area is 151 Å². The van der Waals surface area contributed by atoms with E-state index in [1.807, 2.05) is 16.7 Å². The maximum atomic E-state index is 11.9. The second kappa shape index (κ2) is 8.49. The summed E-state index contributed by atoms with van der Waals surface area (Å²) >= 11 is 0.